The van der Waals surface area contributed by atoms with Crippen LogP contribution < -0.4 is 14.8 Å². The van der Waals surface area contributed by atoms with E-state index in [1.165, 1.54) is 0 Å². The highest BCUT2D eigenvalue weighted by Crippen LogP contribution is 2.62. The maximum absolute atomic E-state index is 14.4. The number of hydrogen-bond donors (Lipinski definition) is 3. The Balaban J connectivity index is 1.76. The van der Waals surface area contributed by atoms with Crippen LogP contribution in [-0.4, -0.2) is 84.4 Å². The van der Waals surface area contributed by atoms with Crippen molar-refractivity contribution in [3.63, 3.8) is 0 Å². The molecule has 2 aromatic rings. The van der Waals surface area contributed by atoms with Gasteiger partial charge in [-0.25, -0.2) is 9.59 Å². The summed E-state index contributed by atoms with van der Waals surface area (Å²) < 4.78 is 26.1. The first-order valence-electron chi connectivity index (χ1n) is 21.1. The molecule has 2 aliphatic carbocycles. The Labute approximate surface area is 344 Å². The highest BCUT2D eigenvalue weighted by molar-refractivity contribution is 6.03. The van der Waals surface area contributed by atoms with Crippen molar-refractivity contribution in [2.24, 2.45) is 28.3 Å². The van der Waals surface area contributed by atoms with Gasteiger partial charge in [-0.05, 0) is 85.6 Å². The Morgan fingerprint density at radius 1 is 1.05 bits per heavy atom. The molecule has 58 heavy (non-hydrogen) atoms. The Bertz CT molecular complexity index is 1720. The van der Waals surface area contributed by atoms with Crippen LogP contribution in [0.3, 0.4) is 0 Å². The lowest BCUT2D eigenvalue weighted by Crippen LogP contribution is -2.70. The molecule has 3 aliphatic rings. The summed E-state index contributed by atoms with van der Waals surface area (Å²) in [4.78, 5) is 35.0. The fraction of sp³-hybridized carbons (Fsp3) is 0.587. The van der Waals surface area contributed by atoms with Gasteiger partial charge in [-0.1, -0.05) is 88.2 Å². The number of ether oxygens (including phenoxy) is 4. The Hall–Kier alpha value is -4.39. The molecule has 0 bridgehead atoms. The largest absolute Gasteiger partial charge is 0.459 e. The first kappa shape index (κ1) is 44.7. The van der Waals surface area contributed by atoms with Gasteiger partial charge in [0.1, 0.15) is 24.1 Å². The summed E-state index contributed by atoms with van der Waals surface area (Å²) in [6.07, 6.45) is 8.38. The standard InChI is InChI=1S/C46H65N3O9/c1-7-23-49(44(53)54-31-45(4,5)6)40-29-38(48-56-30-32-17-11-10-12-18-32)36-27-33(19-13-15-24-50)35(20-14-16-25-51)41-37-28-34(57-43(52)47-9-3)21-22-39(37)58-46(40,42(36)41)55-26-8-2/h8,10-12,17-18,21-22,27-28,33,35,40-42,50-51H,2,7,9,13-16,19-20,23-26,29-31H2,1,3-6H3,(H,47,52)/t33-,35+,40-,41+,42+,46+/m0/s1. The van der Waals surface area contributed by atoms with E-state index in [2.05, 4.69) is 18.0 Å². The van der Waals surface area contributed by atoms with Crippen LogP contribution in [0, 0.1) is 23.2 Å². The molecule has 2 aromatic carbocycles. The van der Waals surface area contributed by atoms with Crippen molar-refractivity contribution in [3.05, 3.63) is 84.0 Å². The Morgan fingerprint density at radius 2 is 1.79 bits per heavy atom. The van der Waals surface area contributed by atoms with Crippen LogP contribution in [0.15, 0.2) is 78.0 Å². The van der Waals surface area contributed by atoms with Gasteiger partial charge in [0.2, 0.25) is 5.79 Å². The summed E-state index contributed by atoms with van der Waals surface area (Å²) in [5, 5.41) is 27.4. The van der Waals surface area contributed by atoms with Gasteiger partial charge < -0.3 is 39.3 Å². The molecule has 1 aliphatic heterocycles. The summed E-state index contributed by atoms with van der Waals surface area (Å²) in [6, 6.07) is 14.6. The lowest BCUT2D eigenvalue weighted by molar-refractivity contribution is -0.255. The number of allylic oxidation sites excluding steroid dienone is 1. The minimum atomic E-state index is -1.42. The van der Waals surface area contributed by atoms with Crippen molar-refractivity contribution in [3.8, 4) is 11.5 Å². The molecule has 12 nitrogen and oxygen atoms in total. The van der Waals surface area contributed by atoms with Crippen LogP contribution in [-0.2, 0) is 20.9 Å². The predicted octanol–water partition coefficient (Wildman–Crippen LogP) is 8.52. The molecule has 5 rings (SSSR count). The molecule has 2 amide bonds. The number of aliphatic hydroxyl groups excluding tert-OH is 2. The number of unbranched alkanes of at least 4 members (excludes halogenated alkanes) is 2. The minimum Gasteiger partial charge on any atom is -0.459 e. The van der Waals surface area contributed by atoms with E-state index < -0.39 is 29.9 Å². The smallest absolute Gasteiger partial charge is 0.412 e. The molecule has 0 radical (unpaired) electrons. The zero-order valence-corrected chi connectivity index (χ0v) is 35.1. The molecule has 0 saturated heterocycles. The van der Waals surface area contributed by atoms with Gasteiger partial charge in [0.25, 0.3) is 0 Å². The number of oxime groups is 1. The number of nitrogens with one attached hydrogen (secondary N) is 1. The fourth-order valence-electron chi connectivity index (χ4n) is 8.73. The van der Waals surface area contributed by atoms with Crippen molar-refractivity contribution < 1.29 is 43.6 Å². The highest BCUT2D eigenvalue weighted by atomic mass is 16.7. The topological polar surface area (TPSA) is 148 Å². The Kier molecular flexibility index (Phi) is 16.2. The second-order valence-corrected chi connectivity index (χ2v) is 16.8. The summed E-state index contributed by atoms with van der Waals surface area (Å²) in [7, 11) is 0. The zero-order valence-electron chi connectivity index (χ0n) is 35.1. The van der Waals surface area contributed by atoms with E-state index in [4.69, 9.17) is 28.9 Å². The molecule has 3 N–H and O–H groups in total. The molecule has 0 spiro atoms. The highest BCUT2D eigenvalue weighted by Gasteiger charge is 2.65. The van der Waals surface area contributed by atoms with Crippen LogP contribution in [0.2, 0.25) is 0 Å². The quantitative estimate of drug-likeness (QED) is 0.0681. The number of aliphatic hydroxyl groups is 2. The van der Waals surface area contributed by atoms with Gasteiger partial charge in [-0.3, -0.25) is 4.90 Å². The van der Waals surface area contributed by atoms with Gasteiger partial charge in [0.15, 0.2) is 0 Å². The van der Waals surface area contributed by atoms with Crippen molar-refractivity contribution in [2.45, 2.75) is 110 Å². The normalized spacial score (nSPS) is 24.1. The van der Waals surface area contributed by atoms with Gasteiger partial charge in [-0.15, -0.1) is 6.58 Å². The van der Waals surface area contributed by atoms with Gasteiger partial charge in [-0.2, -0.15) is 0 Å². The van der Waals surface area contributed by atoms with Crippen LogP contribution >= 0.6 is 0 Å². The third kappa shape index (κ3) is 10.8. The van der Waals surface area contributed by atoms with Crippen molar-refractivity contribution >= 4 is 17.9 Å². The summed E-state index contributed by atoms with van der Waals surface area (Å²) in [5.41, 5.74) is 3.18. The predicted molar refractivity (Wildman–Crippen MR) is 224 cm³/mol. The maximum atomic E-state index is 14.4. The first-order chi connectivity index (χ1) is 28.0. The second kappa shape index (κ2) is 21.0. The van der Waals surface area contributed by atoms with E-state index in [0.29, 0.717) is 49.6 Å². The number of benzene rings is 2. The van der Waals surface area contributed by atoms with E-state index in [1.54, 1.807) is 17.0 Å². The average molecular weight is 804 g/mol. The number of carbonyl (C=O) groups is 2. The van der Waals surface area contributed by atoms with Crippen molar-refractivity contribution in [1.29, 1.82) is 0 Å². The maximum Gasteiger partial charge on any atom is 0.412 e. The summed E-state index contributed by atoms with van der Waals surface area (Å²) >= 11 is 0. The Morgan fingerprint density at radius 3 is 2.47 bits per heavy atom. The van der Waals surface area contributed by atoms with Crippen LogP contribution in [0.5, 0.6) is 11.5 Å². The molecule has 318 valence electrons. The lowest BCUT2D eigenvalue weighted by atomic mass is 9.55. The number of hydrogen-bond acceptors (Lipinski definition) is 10. The van der Waals surface area contributed by atoms with E-state index in [9.17, 15) is 19.8 Å². The van der Waals surface area contributed by atoms with Gasteiger partial charge in [0.05, 0.1) is 24.8 Å². The molecule has 1 heterocycles. The molecule has 12 heteroatoms. The van der Waals surface area contributed by atoms with Crippen molar-refractivity contribution in [2.75, 3.05) is 39.5 Å². The van der Waals surface area contributed by atoms with E-state index in [0.717, 1.165) is 42.4 Å². The number of amides is 2. The summed E-state index contributed by atoms with van der Waals surface area (Å²) in [5.74, 6) is -1.16. The number of fused-ring (bicyclic) bond motifs is 2. The third-order valence-corrected chi connectivity index (χ3v) is 11.1. The SMILES string of the molecule is C=CCO[C@@]12Oc3ccc(OC(=O)NCC)cc3[C@H]3[C@H](CCCCO)[C@@H](CCCCO)C=C(C(=NOCc4ccccc4)C[C@@H]1N(CCC)C(=O)OCC(C)(C)C)[C@H]32. The van der Waals surface area contributed by atoms with E-state index in [1.807, 2.05) is 77.1 Å². The second-order valence-electron chi connectivity index (χ2n) is 16.8. The monoisotopic (exact) mass is 803 g/mol. The van der Waals surface area contributed by atoms with Crippen LogP contribution in [0.4, 0.5) is 9.59 Å². The van der Waals surface area contributed by atoms with Crippen LogP contribution in [0.25, 0.3) is 0 Å². The molecular weight excluding hydrogens is 739 g/mol. The molecule has 0 aromatic heterocycles. The van der Waals surface area contributed by atoms with Gasteiger partial charge >= 0.3 is 12.2 Å². The van der Waals surface area contributed by atoms with Gasteiger partial charge in [0, 0.05) is 44.2 Å². The number of rotatable bonds is 20. The minimum absolute atomic E-state index is 0.0192. The summed E-state index contributed by atoms with van der Waals surface area (Å²) in [6.45, 7) is 15.5. The molecule has 1 saturated carbocycles. The van der Waals surface area contributed by atoms with Crippen molar-refractivity contribution in [1.82, 2.24) is 10.2 Å². The molecule has 1 fully saturated rings. The third-order valence-electron chi connectivity index (χ3n) is 11.1. The fourth-order valence-corrected chi connectivity index (χ4v) is 8.73. The zero-order chi connectivity index (χ0) is 41.7. The van der Waals surface area contributed by atoms with E-state index >= 15 is 0 Å². The van der Waals surface area contributed by atoms with E-state index in [-0.39, 0.29) is 62.6 Å². The molecular formula is C46H65N3O9. The average Bonchev–Trinajstić information content (AvgIpc) is 3.20. The number of nitrogens with zero attached hydrogens (tertiary/aromatic N) is 2. The first-order valence-corrected chi connectivity index (χ1v) is 21.1. The molecule has 6 atom stereocenters. The lowest BCUT2D eigenvalue weighted by Gasteiger charge is -2.60. The number of carbonyl (C=O) groups excluding carboxylic acids is 2. The molecule has 0 unspecified atom stereocenters. The van der Waals surface area contributed by atoms with Crippen LogP contribution in [0.1, 0.15) is 103 Å².